The number of aromatic nitrogens is 2. The zero-order valence-corrected chi connectivity index (χ0v) is 19.8. The lowest BCUT2D eigenvalue weighted by molar-refractivity contribution is 0.660. The highest BCUT2D eigenvalue weighted by Crippen LogP contribution is 2.49. The van der Waals surface area contributed by atoms with Crippen molar-refractivity contribution in [2.24, 2.45) is 0 Å². The van der Waals surface area contributed by atoms with Gasteiger partial charge in [-0.1, -0.05) is 86.6 Å². The van der Waals surface area contributed by atoms with Crippen LogP contribution in [0.1, 0.15) is 25.0 Å². The second-order valence-electron chi connectivity index (χ2n) is 10.3. The molecule has 35 heavy (non-hydrogen) atoms. The molecule has 0 saturated heterocycles. The van der Waals surface area contributed by atoms with Gasteiger partial charge in [0, 0.05) is 38.2 Å². The predicted octanol–water partition coefficient (Wildman–Crippen LogP) is 8.72. The minimum atomic E-state index is -0.0227. The summed E-state index contributed by atoms with van der Waals surface area (Å²) in [7, 11) is 0. The number of rotatable bonds is 1. The molecule has 0 atom stereocenters. The van der Waals surface area contributed by atoms with Gasteiger partial charge in [-0.2, -0.15) is 0 Å². The van der Waals surface area contributed by atoms with Crippen molar-refractivity contribution >= 4 is 43.6 Å². The molecule has 2 heterocycles. The number of hydrogen-bond donors (Lipinski definition) is 1. The molecule has 0 saturated carbocycles. The summed E-state index contributed by atoms with van der Waals surface area (Å²) in [6, 6.07) is 37.8. The van der Waals surface area contributed by atoms with Crippen molar-refractivity contribution < 1.29 is 0 Å². The predicted molar refractivity (Wildman–Crippen MR) is 148 cm³/mol. The van der Waals surface area contributed by atoms with Crippen LogP contribution in [0.4, 0.5) is 0 Å². The van der Waals surface area contributed by atoms with Crippen molar-refractivity contribution in [3.8, 4) is 16.8 Å². The van der Waals surface area contributed by atoms with Crippen LogP contribution in [-0.4, -0.2) is 9.55 Å². The highest BCUT2D eigenvalue weighted by atomic mass is 15.0. The molecule has 2 nitrogen and oxygen atoms in total. The number of fused-ring (bicyclic) bond motifs is 10. The molecular weight excluding hydrogens is 424 g/mol. The molecule has 0 unspecified atom stereocenters. The monoisotopic (exact) mass is 448 g/mol. The number of aromatic amines is 1. The maximum atomic E-state index is 3.73. The van der Waals surface area contributed by atoms with E-state index in [1.54, 1.807) is 0 Å². The molecule has 1 N–H and O–H groups in total. The second-order valence-corrected chi connectivity index (χ2v) is 10.3. The fraction of sp³-hybridized carbons (Fsp3) is 0.0909. The summed E-state index contributed by atoms with van der Waals surface area (Å²) in [6.45, 7) is 4.70. The van der Waals surface area contributed by atoms with Crippen molar-refractivity contribution in [2.45, 2.75) is 19.3 Å². The molecule has 1 aliphatic rings. The molecule has 0 bridgehead atoms. The van der Waals surface area contributed by atoms with Crippen LogP contribution in [-0.2, 0) is 5.41 Å². The van der Waals surface area contributed by atoms with Gasteiger partial charge in [0.15, 0.2) is 0 Å². The standard InChI is InChI=1S/C33H24N2/c1-33(2)26-12-6-3-9-21(26)22-16-15-20(19-27(22)33)35-29-14-8-5-11-25(29)31-30(35)18-17-24-23-10-4-7-13-28(23)34-32(24)31/h3-19,34H,1-2H3. The van der Waals surface area contributed by atoms with E-state index in [4.69, 9.17) is 0 Å². The highest BCUT2D eigenvalue weighted by Gasteiger charge is 2.35. The number of H-pyrrole nitrogens is 1. The van der Waals surface area contributed by atoms with Gasteiger partial charge in [0.05, 0.1) is 16.6 Å². The maximum absolute atomic E-state index is 3.73. The summed E-state index contributed by atoms with van der Waals surface area (Å²) in [5, 5.41) is 5.12. The molecule has 0 radical (unpaired) electrons. The first-order chi connectivity index (χ1) is 17.1. The van der Waals surface area contributed by atoms with Gasteiger partial charge in [0.1, 0.15) is 0 Å². The molecule has 8 rings (SSSR count). The van der Waals surface area contributed by atoms with Crippen LogP contribution in [0, 0.1) is 0 Å². The molecule has 0 spiro atoms. The van der Waals surface area contributed by atoms with E-state index in [1.165, 1.54) is 71.6 Å². The van der Waals surface area contributed by atoms with Crippen LogP contribution in [0.15, 0.2) is 103 Å². The summed E-state index contributed by atoms with van der Waals surface area (Å²) in [5.41, 5.74) is 11.6. The third-order valence-electron chi connectivity index (χ3n) is 8.14. The Morgan fingerprint density at radius 1 is 0.600 bits per heavy atom. The van der Waals surface area contributed by atoms with E-state index in [9.17, 15) is 0 Å². The third kappa shape index (κ3) is 2.34. The van der Waals surface area contributed by atoms with Crippen LogP contribution in [0.5, 0.6) is 0 Å². The quantitative estimate of drug-likeness (QED) is 0.259. The first-order valence-corrected chi connectivity index (χ1v) is 12.3. The molecule has 2 heteroatoms. The zero-order chi connectivity index (χ0) is 23.3. The van der Waals surface area contributed by atoms with Gasteiger partial charge in [0.2, 0.25) is 0 Å². The van der Waals surface area contributed by atoms with E-state index < -0.39 is 0 Å². The van der Waals surface area contributed by atoms with E-state index in [0.717, 1.165) is 0 Å². The van der Waals surface area contributed by atoms with E-state index in [-0.39, 0.29) is 5.41 Å². The second kappa shape index (κ2) is 6.43. The molecule has 0 amide bonds. The zero-order valence-electron chi connectivity index (χ0n) is 19.8. The van der Waals surface area contributed by atoms with E-state index in [0.29, 0.717) is 0 Å². The molecule has 0 fully saturated rings. The Balaban J connectivity index is 1.47. The van der Waals surface area contributed by atoms with Gasteiger partial charge in [-0.15, -0.1) is 0 Å². The molecule has 166 valence electrons. The van der Waals surface area contributed by atoms with Gasteiger partial charge >= 0.3 is 0 Å². The Morgan fingerprint density at radius 3 is 2.26 bits per heavy atom. The minimum absolute atomic E-state index is 0.0227. The molecule has 7 aromatic rings. The highest BCUT2D eigenvalue weighted by molar-refractivity contribution is 6.25. The largest absolute Gasteiger partial charge is 0.354 e. The first-order valence-electron chi connectivity index (χ1n) is 12.3. The summed E-state index contributed by atoms with van der Waals surface area (Å²) >= 11 is 0. The van der Waals surface area contributed by atoms with Crippen LogP contribution < -0.4 is 0 Å². The van der Waals surface area contributed by atoms with Crippen molar-refractivity contribution in [3.05, 3.63) is 114 Å². The van der Waals surface area contributed by atoms with Crippen LogP contribution >= 0.6 is 0 Å². The molecule has 0 aliphatic heterocycles. The SMILES string of the molecule is CC1(C)c2ccccc2-c2ccc(-n3c4ccccc4c4c5[nH]c6ccccc6c5ccc43)cc21. The lowest BCUT2D eigenvalue weighted by Crippen LogP contribution is -2.15. The average molecular weight is 449 g/mol. The third-order valence-corrected chi connectivity index (χ3v) is 8.14. The molecular formula is C33H24N2. The summed E-state index contributed by atoms with van der Waals surface area (Å²) in [6.07, 6.45) is 0. The van der Waals surface area contributed by atoms with Crippen molar-refractivity contribution in [2.75, 3.05) is 0 Å². The van der Waals surface area contributed by atoms with Crippen molar-refractivity contribution in [1.82, 2.24) is 9.55 Å². The summed E-state index contributed by atoms with van der Waals surface area (Å²) < 4.78 is 2.44. The molecule has 1 aliphatic carbocycles. The normalized spacial score (nSPS) is 14.2. The number of nitrogens with zero attached hydrogens (tertiary/aromatic N) is 1. The molecule has 5 aromatic carbocycles. The Kier molecular flexibility index (Phi) is 3.50. The Morgan fingerprint density at radius 2 is 1.34 bits per heavy atom. The van der Waals surface area contributed by atoms with Gasteiger partial charge in [-0.3, -0.25) is 0 Å². The Bertz CT molecular complexity index is 1980. The van der Waals surface area contributed by atoms with Gasteiger partial charge in [-0.25, -0.2) is 0 Å². The smallest absolute Gasteiger partial charge is 0.0566 e. The van der Waals surface area contributed by atoms with Gasteiger partial charge in [0.25, 0.3) is 0 Å². The maximum Gasteiger partial charge on any atom is 0.0566 e. The number of para-hydroxylation sites is 2. The van der Waals surface area contributed by atoms with E-state index in [2.05, 4.69) is 127 Å². The average Bonchev–Trinajstić information content (AvgIpc) is 3.50. The summed E-state index contributed by atoms with van der Waals surface area (Å²) in [4.78, 5) is 3.73. The van der Waals surface area contributed by atoms with Crippen LogP contribution in [0.25, 0.3) is 60.4 Å². The topological polar surface area (TPSA) is 20.7 Å². The van der Waals surface area contributed by atoms with Crippen LogP contribution in [0.3, 0.4) is 0 Å². The Hall–Kier alpha value is -4.30. The van der Waals surface area contributed by atoms with Crippen molar-refractivity contribution in [3.63, 3.8) is 0 Å². The van der Waals surface area contributed by atoms with Crippen LogP contribution in [0.2, 0.25) is 0 Å². The summed E-state index contributed by atoms with van der Waals surface area (Å²) in [5.74, 6) is 0. The van der Waals surface area contributed by atoms with Crippen molar-refractivity contribution in [1.29, 1.82) is 0 Å². The van der Waals surface area contributed by atoms with E-state index >= 15 is 0 Å². The lowest BCUT2D eigenvalue weighted by atomic mass is 9.82. The van der Waals surface area contributed by atoms with E-state index in [1.807, 2.05) is 0 Å². The Labute approximate surface area is 203 Å². The van der Waals surface area contributed by atoms with Gasteiger partial charge in [-0.05, 0) is 52.6 Å². The minimum Gasteiger partial charge on any atom is -0.354 e. The number of nitrogens with one attached hydrogen (secondary N) is 1. The fourth-order valence-corrected chi connectivity index (χ4v) is 6.49. The molecule has 2 aromatic heterocycles. The number of hydrogen-bond acceptors (Lipinski definition) is 0. The lowest BCUT2D eigenvalue weighted by Gasteiger charge is -2.22. The fourth-order valence-electron chi connectivity index (χ4n) is 6.49. The first kappa shape index (κ1) is 19.1. The van der Waals surface area contributed by atoms with Gasteiger partial charge < -0.3 is 9.55 Å². The number of benzene rings is 5.